The lowest BCUT2D eigenvalue weighted by Gasteiger charge is -2.29. The summed E-state index contributed by atoms with van der Waals surface area (Å²) < 4.78 is 5.20. The van der Waals surface area contributed by atoms with Crippen molar-refractivity contribution in [2.75, 3.05) is 26.3 Å². The minimum absolute atomic E-state index is 0.0190. The molecule has 0 unspecified atom stereocenters. The topological polar surface area (TPSA) is 55.6 Å². The van der Waals surface area contributed by atoms with Crippen molar-refractivity contribution >= 4 is 5.91 Å². The Bertz CT molecular complexity index is 347. The molecule has 86 valence electrons. The van der Waals surface area contributed by atoms with Gasteiger partial charge in [-0.25, -0.2) is 0 Å². The summed E-state index contributed by atoms with van der Waals surface area (Å²) in [6.07, 6.45) is 0. The van der Waals surface area contributed by atoms with Gasteiger partial charge in [-0.2, -0.15) is 0 Å². The summed E-state index contributed by atoms with van der Waals surface area (Å²) in [6, 6.07) is 8.89. The molecule has 0 bridgehead atoms. The van der Waals surface area contributed by atoms with Crippen LogP contribution in [0, 0.1) is 0 Å². The van der Waals surface area contributed by atoms with E-state index < -0.39 is 6.04 Å². The molecule has 1 heterocycles. The molecule has 0 radical (unpaired) electrons. The third-order valence-corrected chi connectivity index (χ3v) is 2.75. The summed E-state index contributed by atoms with van der Waals surface area (Å²) in [5, 5.41) is 0. The van der Waals surface area contributed by atoms with Gasteiger partial charge in [0.15, 0.2) is 0 Å². The summed E-state index contributed by atoms with van der Waals surface area (Å²) in [7, 11) is 0. The Kier molecular flexibility index (Phi) is 3.54. The third-order valence-electron chi connectivity index (χ3n) is 2.75. The van der Waals surface area contributed by atoms with Crippen LogP contribution in [0.5, 0.6) is 0 Å². The van der Waals surface area contributed by atoms with Gasteiger partial charge in [-0.15, -0.1) is 0 Å². The van der Waals surface area contributed by atoms with Crippen LogP contribution in [0.4, 0.5) is 0 Å². The quantitative estimate of drug-likeness (QED) is 0.791. The first kappa shape index (κ1) is 11.1. The minimum Gasteiger partial charge on any atom is -0.378 e. The molecule has 2 N–H and O–H groups in total. The largest absolute Gasteiger partial charge is 0.378 e. The normalized spacial score (nSPS) is 18.2. The average Bonchev–Trinajstić information content (AvgIpc) is 2.39. The Morgan fingerprint density at radius 2 is 1.88 bits per heavy atom. The maximum absolute atomic E-state index is 12.0. The first-order chi connectivity index (χ1) is 7.79. The second kappa shape index (κ2) is 5.09. The molecule has 16 heavy (non-hydrogen) atoms. The van der Waals surface area contributed by atoms with Crippen LogP contribution in [0.2, 0.25) is 0 Å². The molecule has 1 saturated heterocycles. The number of hydrogen-bond donors (Lipinski definition) is 1. The predicted molar refractivity (Wildman–Crippen MR) is 60.8 cm³/mol. The molecule has 4 nitrogen and oxygen atoms in total. The van der Waals surface area contributed by atoms with Crippen molar-refractivity contribution in [2.24, 2.45) is 5.73 Å². The van der Waals surface area contributed by atoms with E-state index >= 15 is 0 Å². The number of morpholine rings is 1. The maximum Gasteiger partial charge on any atom is 0.244 e. The standard InChI is InChI=1S/C12H16N2O2/c13-11(10-4-2-1-3-5-10)12(15)14-6-8-16-9-7-14/h1-5,11H,6-9,13H2/t11-/m1/s1. The number of hydrogen-bond acceptors (Lipinski definition) is 3. The van der Waals surface area contributed by atoms with Crippen molar-refractivity contribution in [3.8, 4) is 0 Å². The number of amides is 1. The molecular weight excluding hydrogens is 204 g/mol. The maximum atomic E-state index is 12.0. The fourth-order valence-electron chi connectivity index (χ4n) is 1.78. The van der Waals surface area contributed by atoms with Crippen LogP contribution in [0.25, 0.3) is 0 Å². The minimum atomic E-state index is -0.556. The van der Waals surface area contributed by atoms with Crippen LogP contribution in [-0.2, 0) is 9.53 Å². The molecular formula is C12H16N2O2. The summed E-state index contributed by atoms with van der Waals surface area (Å²) in [4.78, 5) is 13.8. The van der Waals surface area contributed by atoms with Crippen molar-refractivity contribution in [1.82, 2.24) is 4.90 Å². The van der Waals surface area contributed by atoms with Gasteiger partial charge in [0.2, 0.25) is 5.91 Å². The third kappa shape index (κ3) is 2.40. The molecule has 1 aliphatic heterocycles. The average molecular weight is 220 g/mol. The van der Waals surface area contributed by atoms with Gasteiger partial charge in [-0.05, 0) is 5.56 Å². The van der Waals surface area contributed by atoms with Crippen LogP contribution < -0.4 is 5.73 Å². The van der Waals surface area contributed by atoms with Gasteiger partial charge < -0.3 is 15.4 Å². The highest BCUT2D eigenvalue weighted by molar-refractivity contribution is 5.83. The lowest BCUT2D eigenvalue weighted by molar-refractivity contribution is -0.136. The summed E-state index contributed by atoms with van der Waals surface area (Å²) >= 11 is 0. The van der Waals surface area contributed by atoms with E-state index in [-0.39, 0.29) is 5.91 Å². The van der Waals surface area contributed by atoms with E-state index in [4.69, 9.17) is 10.5 Å². The lowest BCUT2D eigenvalue weighted by Crippen LogP contribution is -2.45. The Hall–Kier alpha value is -1.39. The number of benzene rings is 1. The first-order valence-electron chi connectivity index (χ1n) is 5.46. The van der Waals surface area contributed by atoms with E-state index in [0.717, 1.165) is 5.56 Å². The Balaban J connectivity index is 2.04. The Labute approximate surface area is 95.0 Å². The second-order valence-electron chi connectivity index (χ2n) is 3.83. The Morgan fingerprint density at radius 3 is 2.50 bits per heavy atom. The predicted octanol–water partition coefficient (Wildman–Crippen LogP) is 0.545. The van der Waals surface area contributed by atoms with E-state index in [0.29, 0.717) is 26.3 Å². The van der Waals surface area contributed by atoms with Gasteiger partial charge in [-0.3, -0.25) is 4.79 Å². The zero-order valence-electron chi connectivity index (χ0n) is 9.13. The molecule has 1 aromatic rings. The first-order valence-corrected chi connectivity index (χ1v) is 5.46. The van der Waals surface area contributed by atoms with E-state index in [1.54, 1.807) is 4.90 Å². The molecule has 1 amide bonds. The van der Waals surface area contributed by atoms with E-state index in [9.17, 15) is 4.79 Å². The molecule has 0 aliphatic carbocycles. The second-order valence-corrected chi connectivity index (χ2v) is 3.83. The molecule has 2 rings (SSSR count). The smallest absolute Gasteiger partial charge is 0.244 e. The number of carbonyl (C=O) groups excluding carboxylic acids is 1. The number of nitrogens with zero attached hydrogens (tertiary/aromatic N) is 1. The summed E-state index contributed by atoms with van der Waals surface area (Å²) in [6.45, 7) is 2.49. The van der Waals surface area contributed by atoms with E-state index in [1.807, 2.05) is 30.3 Å². The molecule has 1 atom stereocenters. The van der Waals surface area contributed by atoms with Gasteiger partial charge in [0.25, 0.3) is 0 Å². The van der Waals surface area contributed by atoms with Crippen molar-refractivity contribution in [1.29, 1.82) is 0 Å². The van der Waals surface area contributed by atoms with Crippen molar-refractivity contribution in [2.45, 2.75) is 6.04 Å². The zero-order valence-corrected chi connectivity index (χ0v) is 9.13. The van der Waals surface area contributed by atoms with Crippen LogP contribution in [0.1, 0.15) is 11.6 Å². The summed E-state index contributed by atoms with van der Waals surface area (Å²) in [5.41, 5.74) is 6.80. The zero-order chi connectivity index (χ0) is 11.4. The summed E-state index contributed by atoms with van der Waals surface area (Å²) in [5.74, 6) is -0.0190. The molecule has 1 fully saturated rings. The molecule has 1 aromatic carbocycles. The highest BCUT2D eigenvalue weighted by Gasteiger charge is 2.23. The molecule has 0 saturated carbocycles. The van der Waals surface area contributed by atoms with Crippen molar-refractivity contribution in [3.63, 3.8) is 0 Å². The van der Waals surface area contributed by atoms with Crippen LogP contribution in [0.15, 0.2) is 30.3 Å². The van der Waals surface area contributed by atoms with Gasteiger partial charge >= 0.3 is 0 Å². The fraction of sp³-hybridized carbons (Fsp3) is 0.417. The number of nitrogens with two attached hydrogens (primary N) is 1. The van der Waals surface area contributed by atoms with Gasteiger partial charge in [0.05, 0.1) is 13.2 Å². The Morgan fingerprint density at radius 1 is 1.25 bits per heavy atom. The number of ether oxygens (including phenoxy) is 1. The fourth-order valence-corrected chi connectivity index (χ4v) is 1.78. The highest BCUT2D eigenvalue weighted by Crippen LogP contribution is 2.13. The van der Waals surface area contributed by atoms with Crippen LogP contribution >= 0.6 is 0 Å². The monoisotopic (exact) mass is 220 g/mol. The van der Waals surface area contributed by atoms with Crippen molar-refractivity contribution in [3.05, 3.63) is 35.9 Å². The highest BCUT2D eigenvalue weighted by atomic mass is 16.5. The van der Waals surface area contributed by atoms with E-state index in [2.05, 4.69) is 0 Å². The van der Waals surface area contributed by atoms with Gasteiger partial charge in [0, 0.05) is 13.1 Å². The van der Waals surface area contributed by atoms with Gasteiger partial charge in [0.1, 0.15) is 6.04 Å². The van der Waals surface area contributed by atoms with Crippen LogP contribution in [-0.4, -0.2) is 37.1 Å². The molecule has 4 heteroatoms. The lowest BCUT2D eigenvalue weighted by atomic mass is 10.1. The molecule has 1 aliphatic rings. The molecule has 0 aromatic heterocycles. The van der Waals surface area contributed by atoms with Crippen LogP contribution in [0.3, 0.4) is 0 Å². The number of carbonyl (C=O) groups is 1. The SMILES string of the molecule is N[C@@H](C(=O)N1CCOCC1)c1ccccc1. The van der Waals surface area contributed by atoms with E-state index in [1.165, 1.54) is 0 Å². The van der Waals surface area contributed by atoms with Gasteiger partial charge in [-0.1, -0.05) is 30.3 Å². The molecule has 0 spiro atoms. The van der Waals surface area contributed by atoms with Crippen molar-refractivity contribution < 1.29 is 9.53 Å². The number of rotatable bonds is 2.